The molecule has 0 aliphatic heterocycles. The van der Waals surface area contributed by atoms with Crippen LogP contribution < -0.4 is 10.5 Å². The average Bonchev–Trinajstić information content (AvgIpc) is 3.22. The lowest BCUT2D eigenvalue weighted by Gasteiger charge is -2.10. The van der Waals surface area contributed by atoms with E-state index >= 15 is 0 Å². The van der Waals surface area contributed by atoms with Crippen molar-refractivity contribution >= 4 is 16.9 Å². The van der Waals surface area contributed by atoms with E-state index in [0.29, 0.717) is 16.7 Å². The van der Waals surface area contributed by atoms with Crippen LogP contribution in [-0.2, 0) is 19.5 Å². The molecular formula is C24H24N2O4. The van der Waals surface area contributed by atoms with Gasteiger partial charge in [0, 0.05) is 23.5 Å². The molecule has 0 saturated heterocycles. The molecule has 0 atom stereocenters. The summed E-state index contributed by atoms with van der Waals surface area (Å²) in [5, 5.41) is 0. The third-order valence-corrected chi connectivity index (χ3v) is 5.53. The smallest absolute Gasteiger partial charge is 0.420 e. The zero-order valence-corrected chi connectivity index (χ0v) is 17.3. The van der Waals surface area contributed by atoms with E-state index in [9.17, 15) is 9.59 Å². The number of ether oxygens (including phenoxy) is 1. The van der Waals surface area contributed by atoms with Crippen LogP contribution in [0.25, 0.3) is 11.1 Å². The maximum atomic E-state index is 13.0. The molecule has 6 heteroatoms. The molecule has 0 amide bonds. The van der Waals surface area contributed by atoms with Crippen molar-refractivity contribution in [2.24, 2.45) is 0 Å². The van der Waals surface area contributed by atoms with Gasteiger partial charge in [0.15, 0.2) is 11.4 Å². The predicted molar refractivity (Wildman–Crippen MR) is 115 cm³/mol. The van der Waals surface area contributed by atoms with Gasteiger partial charge in [-0.05, 0) is 56.2 Å². The summed E-state index contributed by atoms with van der Waals surface area (Å²) in [5.74, 6) is 0.215. The minimum absolute atomic E-state index is 0.0430. The number of hydrogen-bond acceptors (Lipinski definition) is 4. The lowest BCUT2D eigenvalue weighted by molar-refractivity contribution is 0.0970. The lowest BCUT2D eigenvalue weighted by atomic mass is 10.1. The first-order valence-corrected chi connectivity index (χ1v) is 9.89. The number of methoxy groups -OCH3 is 1. The number of benzene rings is 2. The number of para-hydroxylation sites is 2. The van der Waals surface area contributed by atoms with Crippen molar-refractivity contribution in [2.75, 3.05) is 7.11 Å². The number of aromatic nitrogens is 2. The van der Waals surface area contributed by atoms with E-state index in [2.05, 4.69) is 16.7 Å². The van der Waals surface area contributed by atoms with Crippen LogP contribution in [0.1, 0.15) is 27.3 Å². The first-order chi connectivity index (χ1) is 14.5. The van der Waals surface area contributed by atoms with Crippen molar-refractivity contribution in [3.8, 4) is 5.75 Å². The number of fused-ring (bicyclic) bond motifs is 1. The van der Waals surface area contributed by atoms with Crippen LogP contribution in [0.3, 0.4) is 0 Å². The molecule has 0 spiro atoms. The first kappa shape index (κ1) is 19.8. The predicted octanol–water partition coefficient (Wildman–Crippen LogP) is 4.15. The Morgan fingerprint density at radius 3 is 2.50 bits per heavy atom. The van der Waals surface area contributed by atoms with Gasteiger partial charge in [-0.15, -0.1) is 0 Å². The summed E-state index contributed by atoms with van der Waals surface area (Å²) in [6.07, 6.45) is 0.847. The van der Waals surface area contributed by atoms with E-state index in [1.165, 1.54) is 10.1 Å². The molecule has 0 radical (unpaired) electrons. The molecule has 4 rings (SSSR count). The minimum Gasteiger partial charge on any atom is -0.497 e. The Morgan fingerprint density at radius 1 is 1.03 bits per heavy atom. The highest BCUT2D eigenvalue weighted by molar-refractivity contribution is 5.98. The molecule has 0 fully saturated rings. The van der Waals surface area contributed by atoms with Gasteiger partial charge in [-0.1, -0.05) is 24.3 Å². The van der Waals surface area contributed by atoms with Crippen LogP contribution in [0.2, 0.25) is 0 Å². The third-order valence-electron chi connectivity index (χ3n) is 5.53. The number of aryl methyl sites for hydroxylation is 2. The summed E-state index contributed by atoms with van der Waals surface area (Å²) in [5.41, 5.74) is 4.89. The van der Waals surface area contributed by atoms with Gasteiger partial charge < -0.3 is 13.7 Å². The zero-order valence-electron chi connectivity index (χ0n) is 17.3. The van der Waals surface area contributed by atoms with Crippen LogP contribution in [0.4, 0.5) is 0 Å². The maximum Gasteiger partial charge on any atom is 0.420 e. The summed E-state index contributed by atoms with van der Waals surface area (Å²) in [6.45, 7) is 4.67. The van der Waals surface area contributed by atoms with Crippen LogP contribution in [0.15, 0.2) is 63.8 Å². The normalized spacial score (nSPS) is 11.2. The molecule has 2 aromatic heterocycles. The van der Waals surface area contributed by atoms with Gasteiger partial charge in [0.25, 0.3) is 0 Å². The number of carbonyl (C=O) groups excluding carboxylic acids is 1. The quantitative estimate of drug-likeness (QED) is 0.434. The minimum atomic E-state index is -0.516. The van der Waals surface area contributed by atoms with Crippen molar-refractivity contribution in [3.63, 3.8) is 0 Å². The van der Waals surface area contributed by atoms with Gasteiger partial charge >= 0.3 is 5.76 Å². The molecule has 30 heavy (non-hydrogen) atoms. The lowest BCUT2D eigenvalue weighted by Crippen LogP contribution is -2.20. The fraction of sp³-hybridized carbons (Fsp3) is 0.250. The molecule has 4 aromatic rings. The van der Waals surface area contributed by atoms with Gasteiger partial charge in [-0.2, -0.15) is 0 Å². The molecule has 154 valence electrons. The Kier molecular flexibility index (Phi) is 5.31. The molecule has 2 aromatic carbocycles. The molecule has 0 saturated carbocycles. The van der Waals surface area contributed by atoms with Crippen LogP contribution in [0.5, 0.6) is 5.75 Å². The Hall–Kier alpha value is -3.54. The number of Topliss-reactive ketones (excluding diaryl/α,β-unsaturated/α-hetero) is 1. The van der Waals surface area contributed by atoms with E-state index < -0.39 is 5.76 Å². The SMILES string of the molecule is COc1ccc(CCn2c(C)cc(C(=O)Cn3c(=O)oc4ccccc43)c2C)cc1. The first-order valence-electron chi connectivity index (χ1n) is 9.89. The van der Waals surface area contributed by atoms with Crippen LogP contribution >= 0.6 is 0 Å². The highest BCUT2D eigenvalue weighted by Crippen LogP contribution is 2.19. The van der Waals surface area contributed by atoms with Crippen molar-refractivity contribution in [1.82, 2.24) is 9.13 Å². The fourth-order valence-corrected chi connectivity index (χ4v) is 3.85. The Labute approximate surface area is 174 Å². The number of carbonyl (C=O) groups is 1. The number of rotatable bonds is 7. The largest absolute Gasteiger partial charge is 0.497 e. The second-order valence-corrected chi connectivity index (χ2v) is 7.38. The molecule has 2 heterocycles. The number of nitrogens with zero attached hydrogens (tertiary/aromatic N) is 2. The van der Waals surface area contributed by atoms with E-state index in [1.54, 1.807) is 25.3 Å². The Balaban J connectivity index is 1.54. The standard InChI is InChI=1S/C24H24N2O4/c1-16-14-20(17(2)25(16)13-12-18-8-10-19(29-3)11-9-18)22(27)15-26-21-6-4-5-7-23(21)30-24(26)28/h4-11,14H,12-13,15H2,1-3H3. The van der Waals surface area contributed by atoms with Gasteiger partial charge in [-0.3, -0.25) is 9.36 Å². The van der Waals surface area contributed by atoms with Crippen molar-refractivity contribution in [3.05, 3.63) is 87.7 Å². The summed E-state index contributed by atoms with van der Waals surface area (Å²) < 4.78 is 14.0. The van der Waals surface area contributed by atoms with Gasteiger partial charge in [0.1, 0.15) is 5.75 Å². The zero-order chi connectivity index (χ0) is 21.3. The molecule has 0 N–H and O–H groups in total. The van der Waals surface area contributed by atoms with E-state index in [0.717, 1.165) is 30.1 Å². The maximum absolute atomic E-state index is 13.0. The second kappa shape index (κ2) is 8.06. The molecular weight excluding hydrogens is 380 g/mol. The van der Waals surface area contributed by atoms with Gasteiger partial charge in [0.2, 0.25) is 0 Å². The summed E-state index contributed by atoms with van der Waals surface area (Å²) in [7, 11) is 1.65. The highest BCUT2D eigenvalue weighted by Gasteiger charge is 2.19. The number of hydrogen-bond donors (Lipinski definition) is 0. The van der Waals surface area contributed by atoms with Gasteiger partial charge in [-0.25, -0.2) is 4.79 Å². The van der Waals surface area contributed by atoms with E-state index in [4.69, 9.17) is 9.15 Å². The van der Waals surface area contributed by atoms with Crippen molar-refractivity contribution in [2.45, 2.75) is 33.4 Å². The number of ketones is 1. The molecule has 0 aliphatic rings. The highest BCUT2D eigenvalue weighted by atomic mass is 16.5. The van der Waals surface area contributed by atoms with Crippen molar-refractivity contribution in [1.29, 1.82) is 0 Å². The monoisotopic (exact) mass is 404 g/mol. The molecule has 0 bridgehead atoms. The molecule has 6 nitrogen and oxygen atoms in total. The fourth-order valence-electron chi connectivity index (χ4n) is 3.85. The third kappa shape index (κ3) is 3.68. The van der Waals surface area contributed by atoms with E-state index in [-0.39, 0.29) is 12.3 Å². The Bertz CT molecular complexity index is 1260. The molecule has 0 aliphatic carbocycles. The van der Waals surface area contributed by atoms with Crippen molar-refractivity contribution < 1.29 is 13.9 Å². The second-order valence-electron chi connectivity index (χ2n) is 7.38. The van der Waals surface area contributed by atoms with Gasteiger partial charge in [0.05, 0.1) is 19.2 Å². The Morgan fingerprint density at radius 2 is 1.77 bits per heavy atom. The summed E-state index contributed by atoms with van der Waals surface area (Å²) in [4.78, 5) is 25.2. The molecule has 0 unspecified atom stereocenters. The number of oxazole rings is 1. The summed E-state index contributed by atoms with van der Waals surface area (Å²) in [6, 6.07) is 17.0. The van der Waals surface area contributed by atoms with Crippen LogP contribution in [-0.4, -0.2) is 22.0 Å². The topological polar surface area (TPSA) is 66.4 Å². The summed E-state index contributed by atoms with van der Waals surface area (Å²) >= 11 is 0. The van der Waals surface area contributed by atoms with Crippen LogP contribution in [0, 0.1) is 13.8 Å². The average molecular weight is 404 g/mol. The van der Waals surface area contributed by atoms with E-state index in [1.807, 2.05) is 38.1 Å².